The summed E-state index contributed by atoms with van der Waals surface area (Å²) in [6, 6.07) is 0. The van der Waals surface area contributed by atoms with Gasteiger partial charge < -0.3 is 13.8 Å². The minimum absolute atomic E-state index is 0.000524. The molecular formula is C13H25O6P. The SMILES string of the molecule is CCOC(=O)C(CC(=O)CC)CP(=O)(OCC)OCC. The minimum atomic E-state index is -3.37. The molecule has 0 heterocycles. The summed E-state index contributed by atoms with van der Waals surface area (Å²) < 4.78 is 27.7. The largest absolute Gasteiger partial charge is 0.466 e. The summed E-state index contributed by atoms with van der Waals surface area (Å²) in [5.74, 6) is -1.40. The predicted octanol–water partition coefficient (Wildman–Crippen LogP) is 2.80. The van der Waals surface area contributed by atoms with Gasteiger partial charge in [0.1, 0.15) is 5.78 Å². The van der Waals surface area contributed by atoms with Gasteiger partial charge in [0.05, 0.1) is 31.9 Å². The van der Waals surface area contributed by atoms with Gasteiger partial charge in [-0.05, 0) is 20.8 Å². The number of hydrogen-bond donors (Lipinski definition) is 0. The summed E-state index contributed by atoms with van der Waals surface area (Å²) in [6.45, 7) is 7.44. The molecule has 0 amide bonds. The van der Waals surface area contributed by atoms with Crippen LogP contribution in [-0.4, -0.2) is 37.7 Å². The molecule has 0 aliphatic heterocycles. The van der Waals surface area contributed by atoms with Crippen LogP contribution in [0.3, 0.4) is 0 Å². The van der Waals surface area contributed by atoms with Crippen molar-refractivity contribution in [3.05, 3.63) is 0 Å². The van der Waals surface area contributed by atoms with E-state index in [1.54, 1.807) is 27.7 Å². The summed E-state index contributed by atoms with van der Waals surface area (Å²) in [4.78, 5) is 23.4. The molecule has 1 atom stereocenters. The zero-order chi connectivity index (χ0) is 15.6. The lowest BCUT2D eigenvalue weighted by molar-refractivity contribution is -0.148. The Morgan fingerprint density at radius 1 is 1.00 bits per heavy atom. The van der Waals surface area contributed by atoms with Crippen LogP contribution in [-0.2, 0) is 27.9 Å². The average molecular weight is 308 g/mol. The van der Waals surface area contributed by atoms with Crippen LogP contribution in [0.1, 0.15) is 40.5 Å². The van der Waals surface area contributed by atoms with Gasteiger partial charge in [-0.3, -0.25) is 14.2 Å². The van der Waals surface area contributed by atoms with Gasteiger partial charge in [-0.25, -0.2) is 0 Å². The van der Waals surface area contributed by atoms with Crippen molar-refractivity contribution in [3.8, 4) is 0 Å². The van der Waals surface area contributed by atoms with Crippen molar-refractivity contribution < 1.29 is 27.9 Å². The van der Waals surface area contributed by atoms with E-state index >= 15 is 0 Å². The Morgan fingerprint density at radius 3 is 1.95 bits per heavy atom. The van der Waals surface area contributed by atoms with Gasteiger partial charge in [0.2, 0.25) is 0 Å². The third kappa shape index (κ3) is 7.17. The third-order valence-electron chi connectivity index (χ3n) is 2.58. The number of Topliss-reactive ketones (excluding diaryl/α,β-unsaturated/α-hetero) is 1. The Labute approximate surface area is 120 Å². The molecule has 0 rings (SSSR count). The number of carbonyl (C=O) groups excluding carboxylic acids is 2. The zero-order valence-corrected chi connectivity index (χ0v) is 13.6. The molecule has 0 aromatic rings. The zero-order valence-electron chi connectivity index (χ0n) is 12.7. The van der Waals surface area contributed by atoms with E-state index < -0.39 is 19.5 Å². The summed E-state index contributed by atoms with van der Waals surface area (Å²) in [5.41, 5.74) is 0. The average Bonchev–Trinajstić information content (AvgIpc) is 2.38. The highest BCUT2D eigenvalue weighted by molar-refractivity contribution is 7.53. The maximum absolute atomic E-state index is 12.4. The first kappa shape index (κ1) is 19.3. The van der Waals surface area contributed by atoms with Gasteiger partial charge in [0, 0.05) is 12.8 Å². The second-order valence-corrected chi connectivity index (χ2v) is 6.28. The second kappa shape index (κ2) is 10.1. The highest BCUT2D eigenvalue weighted by atomic mass is 31.2. The Hall–Kier alpha value is -0.710. The summed E-state index contributed by atoms with van der Waals surface area (Å²) in [7, 11) is -3.37. The maximum Gasteiger partial charge on any atom is 0.331 e. The number of esters is 1. The maximum atomic E-state index is 12.4. The molecule has 0 saturated carbocycles. The monoisotopic (exact) mass is 308 g/mol. The fourth-order valence-corrected chi connectivity index (χ4v) is 3.60. The van der Waals surface area contributed by atoms with Crippen molar-refractivity contribution in [3.63, 3.8) is 0 Å². The van der Waals surface area contributed by atoms with E-state index in [2.05, 4.69) is 0 Å². The number of hydrogen-bond acceptors (Lipinski definition) is 6. The molecule has 20 heavy (non-hydrogen) atoms. The van der Waals surface area contributed by atoms with Crippen molar-refractivity contribution in [2.45, 2.75) is 40.5 Å². The molecular weight excluding hydrogens is 283 g/mol. The molecule has 0 aliphatic carbocycles. The van der Waals surface area contributed by atoms with Crippen LogP contribution in [0.4, 0.5) is 0 Å². The van der Waals surface area contributed by atoms with E-state index in [4.69, 9.17) is 13.8 Å². The molecule has 0 radical (unpaired) electrons. The molecule has 118 valence electrons. The lowest BCUT2D eigenvalue weighted by Crippen LogP contribution is -2.25. The van der Waals surface area contributed by atoms with Gasteiger partial charge in [0.25, 0.3) is 0 Å². The van der Waals surface area contributed by atoms with Crippen LogP contribution in [0.5, 0.6) is 0 Å². The van der Waals surface area contributed by atoms with E-state index in [1.165, 1.54) is 0 Å². The minimum Gasteiger partial charge on any atom is -0.466 e. The Bertz CT molecular complexity index is 345. The topological polar surface area (TPSA) is 78.9 Å². The molecule has 7 heteroatoms. The molecule has 0 aliphatic rings. The Morgan fingerprint density at radius 2 is 1.55 bits per heavy atom. The highest BCUT2D eigenvalue weighted by Crippen LogP contribution is 2.50. The van der Waals surface area contributed by atoms with Crippen LogP contribution < -0.4 is 0 Å². The fourth-order valence-electron chi connectivity index (χ4n) is 1.71. The molecule has 1 unspecified atom stereocenters. The van der Waals surface area contributed by atoms with E-state index in [1.807, 2.05) is 0 Å². The molecule has 0 aromatic heterocycles. The quantitative estimate of drug-likeness (QED) is 0.431. The first-order valence-electron chi connectivity index (χ1n) is 6.98. The van der Waals surface area contributed by atoms with Crippen LogP contribution in [0.2, 0.25) is 0 Å². The van der Waals surface area contributed by atoms with E-state index in [0.29, 0.717) is 6.42 Å². The van der Waals surface area contributed by atoms with Gasteiger partial charge in [-0.15, -0.1) is 0 Å². The Kier molecular flexibility index (Phi) is 9.72. The molecule has 6 nitrogen and oxygen atoms in total. The molecule has 0 spiro atoms. The summed E-state index contributed by atoms with van der Waals surface area (Å²) >= 11 is 0. The number of rotatable bonds is 11. The van der Waals surface area contributed by atoms with Gasteiger partial charge in [-0.1, -0.05) is 6.92 Å². The van der Waals surface area contributed by atoms with E-state index in [0.717, 1.165) is 0 Å². The third-order valence-corrected chi connectivity index (χ3v) is 4.78. The van der Waals surface area contributed by atoms with Crippen LogP contribution in [0.15, 0.2) is 0 Å². The molecule has 0 bridgehead atoms. The first-order valence-corrected chi connectivity index (χ1v) is 8.71. The number of ketones is 1. The van der Waals surface area contributed by atoms with Crippen molar-refractivity contribution in [2.75, 3.05) is 26.0 Å². The van der Waals surface area contributed by atoms with Crippen molar-refractivity contribution in [1.82, 2.24) is 0 Å². The fraction of sp³-hybridized carbons (Fsp3) is 0.846. The van der Waals surface area contributed by atoms with Crippen LogP contribution in [0.25, 0.3) is 0 Å². The second-order valence-electron chi connectivity index (χ2n) is 4.17. The lowest BCUT2D eigenvalue weighted by atomic mass is 10.0. The predicted molar refractivity (Wildman–Crippen MR) is 75.8 cm³/mol. The van der Waals surface area contributed by atoms with Gasteiger partial charge in [-0.2, -0.15) is 0 Å². The van der Waals surface area contributed by atoms with Crippen LogP contribution in [0, 0.1) is 5.92 Å². The summed E-state index contributed by atoms with van der Waals surface area (Å²) in [5, 5.41) is 0. The molecule has 0 aromatic carbocycles. The smallest absolute Gasteiger partial charge is 0.331 e. The molecule has 0 fully saturated rings. The Balaban J connectivity index is 4.95. The van der Waals surface area contributed by atoms with Gasteiger partial charge in [0.15, 0.2) is 0 Å². The van der Waals surface area contributed by atoms with E-state index in [9.17, 15) is 14.2 Å². The molecule has 0 saturated heterocycles. The van der Waals surface area contributed by atoms with Crippen molar-refractivity contribution in [1.29, 1.82) is 0 Å². The highest BCUT2D eigenvalue weighted by Gasteiger charge is 2.34. The standard InChI is InChI=1S/C13H25O6P/c1-5-12(14)9-11(13(15)17-6-2)10-20(16,18-7-3)19-8-4/h11H,5-10H2,1-4H3. The molecule has 0 N–H and O–H groups in total. The van der Waals surface area contributed by atoms with Crippen molar-refractivity contribution in [2.24, 2.45) is 5.92 Å². The summed E-state index contributed by atoms with van der Waals surface area (Å²) in [6.07, 6.45) is 0.197. The normalized spacial score (nSPS) is 13.0. The lowest BCUT2D eigenvalue weighted by Gasteiger charge is -2.21. The first-order chi connectivity index (χ1) is 9.42. The van der Waals surface area contributed by atoms with Crippen LogP contribution >= 0.6 is 7.60 Å². The number of carbonyl (C=O) groups is 2. The van der Waals surface area contributed by atoms with Gasteiger partial charge >= 0.3 is 13.6 Å². The number of ether oxygens (including phenoxy) is 1. The van der Waals surface area contributed by atoms with Crippen molar-refractivity contribution >= 4 is 19.3 Å². The van der Waals surface area contributed by atoms with E-state index in [-0.39, 0.29) is 38.2 Å².